The highest BCUT2D eigenvalue weighted by Gasteiger charge is 2.34. The van der Waals surface area contributed by atoms with Crippen molar-refractivity contribution in [2.24, 2.45) is 0 Å². The molecule has 1 heterocycles. The van der Waals surface area contributed by atoms with Crippen LogP contribution in [0, 0.1) is 0 Å². The first-order chi connectivity index (χ1) is 11.6. The summed E-state index contributed by atoms with van der Waals surface area (Å²) in [6.45, 7) is 3.78. The molecular weight excluding hydrogens is 312 g/mol. The molecule has 0 aliphatic carbocycles. The monoisotopic (exact) mass is 332 g/mol. The molecule has 0 bridgehead atoms. The molecule has 1 aliphatic heterocycles. The zero-order chi connectivity index (χ0) is 17.5. The molecule has 1 aromatic rings. The van der Waals surface area contributed by atoms with Gasteiger partial charge in [-0.25, -0.2) is 9.59 Å². The van der Waals surface area contributed by atoms with E-state index in [1.54, 1.807) is 38.1 Å². The average molecular weight is 332 g/mol. The molecule has 0 fully saturated rings. The normalized spacial score (nSPS) is 16.9. The minimum absolute atomic E-state index is 0.185. The maximum atomic E-state index is 12.4. The maximum absolute atomic E-state index is 12.4. The Balaban J connectivity index is 2.45. The molecule has 2 amide bonds. The quantitative estimate of drug-likeness (QED) is 0.775. The van der Waals surface area contributed by atoms with Gasteiger partial charge >= 0.3 is 18.0 Å². The average Bonchev–Trinajstić information content (AvgIpc) is 2.55. The maximum Gasteiger partial charge on any atom is 0.338 e. The molecule has 1 atom stereocenters. The Morgan fingerprint density at radius 2 is 1.75 bits per heavy atom. The summed E-state index contributed by atoms with van der Waals surface area (Å²) in [7, 11) is 0. The van der Waals surface area contributed by atoms with Crippen molar-refractivity contribution >= 4 is 18.0 Å². The minimum atomic E-state index is -0.691. The number of carbonyl (C=O) groups is 3. The first-order valence-electron chi connectivity index (χ1n) is 7.75. The number of carbonyl (C=O) groups excluding carboxylic acids is 3. The summed E-state index contributed by atoms with van der Waals surface area (Å²) in [4.78, 5) is 36.2. The number of rotatable bonds is 6. The Morgan fingerprint density at radius 1 is 1.08 bits per heavy atom. The molecule has 0 unspecified atom stereocenters. The van der Waals surface area contributed by atoms with Crippen LogP contribution in [0.5, 0.6) is 0 Å². The second-order valence-electron chi connectivity index (χ2n) is 5.04. The van der Waals surface area contributed by atoms with Crippen LogP contribution in [-0.4, -0.2) is 31.2 Å². The van der Waals surface area contributed by atoms with Gasteiger partial charge in [0.25, 0.3) is 0 Å². The second kappa shape index (κ2) is 8.14. The van der Waals surface area contributed by atoms with E-state index >= 15 is 0 Å². The minimum Gasteiger partial charge on any atom is -0.466 e. The van der Waals surface area contributed by atoms with Gasteiger partial charge in [0.05, 0.1) is 31.2 Å². The van der Waals surface area contributed by atoms with Crippen LogP contribution in [0.4, 0.5) is 4.79 Å². The van der Waals surface area contributed by atoms with Crippen LogP contribution in [0.1, 0.15) is 31.9 Å². The Kier molecular flexibility index (Phi) is 5.95. The smallest absolute Gasteiger partial charge is 0.338 e. The molecule has 0 saturated carbocycles. The fourth-order valence-electron chi connectivity index (χ4n) is 2.46. The molecule has 2 N–H and O–H groups in total. The molecule has 7 nitrogen and oxygen atoms in total. The van der Waals surface area contributed by atoms with Crippen molar-refractivity contribution in [2.45, 2.75) is 26.3 Å². The fourth-order valence-corrected chi connectivity index (χ4v) is 2.46. The predicted molar refractivity (Wildman–Crippen MR) is 85.8 cm³/mol. The number of ether oxygens (including phenoxy) is 2. The Morgan fingerprint density at radius 3 is 2.38 bits per heavy atom. The van der Waals surface area contributed by atoms with Crippen molar-refractivity contribution in [3.05, 3.63) is 47.2 Å². The van der Waals surface area contributed by atoms with Gasteiger partial charge in [0, 0.05) is 5.70 Å². The summed E-state index contributed by atoms with van der Waals surface area (Å²) in [5.41, 5.74) is 1.12. The topological polar surface area (TPSA) is 93.7 Å². The van der Waals surface area contributed by atoms with Crippen LogP contribution < -0.4 is 10.6 Å². The van der Waals surface area contributed by atoms with E-state index in [9.17, 15) is 14.4 Å². The van der Waals surface area contributed by atoms with Gasteiger partial charge in [-0.05, 0) is 19.4 Å². The van der Waals surface area contributed by atoms with E-state index in [0.29, 0.717) is 0 Å². The van der Waals surface area contributed by atoms with Gasteiger partial charge in [0.2, 0.25) is 0 Å². The van der Waals surface area contributed by atoms with Gasteiger partial charge in [-0.15, -0.1) is 0 Å². The lowest BCUT2D eigenvalue weighted by Gasteiger charge is -2.29. The summed E-state index contributed by atoms with van der Waals surface area (Å²) < 4.78 is 10.0. The summed E-state index contributed by atoms with van der Waals surface area (Å²) in [6.07, 6.45) is -0.210. The molecule has 0 radical (unpaired) electrons. The SMILES string of the molecule is CCOC(=O)CC1=C(C(=O)OCC)[C@@H](c2ccccc2)NC(=O)N1. The highest BCUT2D eigenvalue weighted by Crippen LogP contribution is 2.28. The van der Waals surface area contributed by atoms with E-state index in [-0.39, 0.29) is 30.9 Å². The van der Waals surface area contributed by atoms with Crippen molar-refractivity contribution in [1.82, 2.24) is 10.6 Å². The Labute approximate surface area is 140 Å². The largest absolute Gasteiger partial charge is 0.466 e. The van der Waals surface area contributed by atoms with Crippen LogP contribution in [0.15, 0.2) is 41.6 Å². The molecular formula is C17H20N2O5. The number of urea groups is 1. The summed E-state index contributed by atoms with van der Waals surface area (Å²) in [5.74, 6) is -1.11. The number of nitrogens with one attached hydrogen (secondary N) is 2. The van der Waals surface area contributed by atoms with Crippen LogP contribution in [-0.2, 0) is 19.1 Å². The van der Waals surface area contributed by atoms with E-state index in [0.717, 1.165) is 5.56 Å². The molecule has 0 aromatic heterocycles. The zero-order valence-corrected chi connectivity index (χ0v) is 13.6. The van der Waals surface area contributed by atoms with Crippen LogP contribution in [0.2, 0.25) is 0 Å². The van der Waals surface area contributed by atoms with Crippen LogP contribution in [0.3, 0.4) is 0 Å². The summed E-state index contributed by atoms with van der Waals surface area (Å²) >= 11 is 0. The van der Waals surface area contributed by atoms with E-state index < -0.39 is 24.0 Å². The van der Waals surface area contributed by atoms with Crippen molar-refractivity contribution in [1.29, 1.82) is 0 Å². The van der Waals surface area contributed by atoms with Crippen molar-refractivity contribution in [2.75, 3.05) is 13.2 Å². The zero-order valence-electron chi connectivity index (χ0n) is 13.6. The van der Waals surface area contributed by atoms with Gasteiger partial charge in [-0.1, -0.05) is 30.3 Å². The first kappa shape index (κ1) is 17.5. The molecule has 7 heteroatoms. The number of hydrogen-bond acceptors (Lipinski definition) is 5. The van der Waals surface area contributed by atoms with Crippen molar-refractivity contribution in [3.63, 3.8) is 0 Å². The molecule has 1 aliphatic rings. The van der Waals surface area contributed by atoms with E-state index in [1.165, 1.54) is 0 Å². The lowest BCUT2D eigenvalue weighted by molar-refractivity contribution is -0.142. The van der Waals surface area contributed by atoms with Gasteiger partial charge in [-0.3, -0.25) is 4.79 Å². The Bertz CT molecular complexity index is 654. The van der Waals surface area contributed by atoms with E-state index in [2.05, 4.69) is 10.6 Å². The molecule has 0 saturated heterocycles. The third-order valence-corrected chi connectivity index (χ3v) is 3.41. The van der Waals surface area contributed by atoms with Crippen LogP contribution in [0.25, 0.3) is 0 Å². The van der Waals surface area contributed by atoms with Gasteiger partial charge in [0.1, 0.15) is 0 Å². The highest BCUT2D eigenvalue weighted by atomic mass is 16.5. The fraction of sp³-hybridized carbons (Fsp3) is 0.353. The lowest BCUT2D eigenvalue weighted by atomic mass is 9.94. The highest BCUT2D eigenvalue weighted by molar-refractivity contribution is 5.96. The standard InChI is InChI=1S/C17H20N2O5/c1-3-23-13(20)10-12-14(16(21)24-4-2)15(19-17(22)18-12)11-8-6-5-7-9-11/h5-9,15H,3-4,10H2,1-2H3,(H2,18,19,22)/t15-/m1/s1. The van der Waals surface area contributed by atoms with Gasteiger partial charge in [0.15, 0.2) is 0 Å². The number of benzene rings is 1. The van der Waals surface area contributed by atoms with Crippen LogP contribution >= 0.6 is 0 Å². The van der Waals surface area contributed by atoms with E-state index in [4.69, 9.17) is 9.47 Å². The molecule has 2 rings (SSSR count). The van der Waals surface area contributed by atoms with Crippen molar-refractivity contribution < 1.29 is 23.9 Å². The molecule has 128 valence electrons. The number of esters is 2. The van der Waals surface area contributed by atoms with Gasteiger partial charge in [-0.2, -0.15) is 0 Å². The summed E-state index contributed by atoms with van der Waals surface area (Å²) in [6, 6.07) is 7.84. The number of hydrogen-bond donors (Lipinski definition) is 2. The summed E-state index contributed by atoms with van der Waals surface area (Å²) in [5, 5.41) is 5.22. The molecule has 1 aromatic carbocycles. The second-order valence-corrected chi connectivity index (χ2v) is 5.04. The molecule has 0 spiro atoms. The number of amides is 2. The Hall–Kier alpha value is -2.83. The third-order valence-electron chi connectivity index (χ3n) is 3.41. The van der Waals surface area contributed by atoms with Crippen molar-refractivity contribution in [3.8, 4) is 0 Å². The third kappa shape index (κ3) is 4.13. The lowest BCUT2D eigenvalue weighted by Crippen LogP contribution is -2.46. The van der Waals surface area contributed by atoms with Gasteiger partial charge < -0.3 is 20.1 Å². The first-order valence-corrected chi connectivity index (χ1v) is 7.75. The molecule has 24 heavy (non-hydrogen) atoms. The van der Waals surface area contributed by atoms with E-state index in [1.807, 2.05) is 6.07 Å². The predicted octanol–water partition coefficient (Wildman–Crippen LogP) is 1.81.